The molecule has 188 valence electrons. The first kappa shape index (κ1) is 24.2. The van der Waals surface area contributed by atoms with Crippen LogP contribution in [0.1, 0.15) is 52.9 Å². The molecule has 3 N–H and O–H groups in total. The van der Waals surface area contributed by atoms with Gasteiger partial charge in [0.25, 0.3) is 11.8 Å². The number of hydrogen-bond donors (Lipinski definition) is 3. The van der Waals surface area contributed by atoms with Gasteiger partial charge in [0.05, 0.1) is 17.3 Å². The van der Waals surface area contributed by atoms with Crippen LogP contribution in [0.5, 0.6) is 0 Å². The van der Waals surface area contributed by atoms with Crippen molar-refractivity contribution in [2.45, 2.75) is 37.8 Å². The zero-order valence-corrected chi connectivity index (χ0v) is 20.5. The Morgan fingerprint density at radius 2 is 1.68 bits per heavy atom. The third-order valence-electron chi connectivity index (χ3n) is 7.05. The highest BCUT2D eigenvalue weighted by molar-refractivity contribution is 6.11. The minimum absolute atomic E-state index is 0.238. The maximum absolute atomic E-state index is 13.5. The normalized spacial score (nSPS) is 19.2. The lowest BCUT2D eigenvalue weighted by molar-refractivity contribution is -0.134. The van der Waals surface area contributed by atoms with E-state index in [2.05, 4.69) is 16.0 Å². The summed E-state index contributed by atoms with van der Waals surface area (Å²) >= 11 is 0. The van der Waals surface area contributed by atoms with E-state index in [1.807, 2.05) is 61.5 Å². The van der Waals surface area contributed by atoms with Gasteiger partial charge in [-0.3, -0.25) is 19.3 Å². The average Bonchev–Trinajstić information content (AvgIpc) is 3.14. The van der Waals surface area contributed by atoms with E-state index in [0.29, 0.717) is 12.1 Å². The van der Waals surface area contributed by atoms with Crippen LogP contribution in [-0.2, 0) is 21.5 Å². The number of para-hydroxylation sites is 1. The largest absolute Gasteiger partial charge is 0.345 e. The zero-order chi connectivity index (χ0) is 26.0. The maximum Gasteiger partial charge on any atom is 0.325 e. The zero-order valence-electron chi connectivity index (χ0n) is 20.5. The van der Waals surface area contributed by atoms with E-state index < -0.39 is 29.9 Å². The van der Waals surface area contributed by atoms with E-state index in [1.165, 1.54) is 0 Å². The fraction of sp³-hybridized carbons (Fsp3) is 0.241. The number of aryl methyl sites for hydroxylation is 1. The average molecular weight is 497 g/mol. The van der Waals surface area contributed by atoms with Crippen molar-refractivity contribution in [3.8, 4) is 0 Å². The molecule has 2 unspecified atom stereocenters. The van der Waals surface area contributed by atoms with Gasteiger partial charge in [-0.05, 0) is 55.0 Å². The summed E-state index contributed by atoms with van der Waals surface area (Å²) in [4.78, 5) is 53.3. The van der Waals surface area contributed by atoms with Crippen LogP contribution < -0.4 is 16.0 Å². The van der Waals surface area contributed by atoms with E-state index in [9.17, 15) is 19.2 Å². The summed E-state index contributed by atoms with van der Waals surface area (Å²) in [6.45, 7) is 1.43. The lowest BCUT2D eigenvalue weighted by Crippen LogP contribution is -2.47. The summed E-state index contributed by atoms with van der Waals surface area (Å²) in [6.07, 6.45) is 2.07. The third kappa shape index (κ3) is 4.58. The highest BCUT2D eigenvalue weighted by atomic mass is 16.2. The number of anilines is 1. The first-order chi connectivity index (χ1) is 17.9. The molecule has 0 aromatic heterocycles. The van der Waals surface area contributed by atoms with Crippen LogP contribution in [0.25, 0.3) is 0 Å². The maximum atomic E-state index is 13.5. The molecule has 2 aliphatic rings. The molecule has 3 aromatic carbocycles. The second-order valence-corrected chi connectivity index (χ2v) is 9.44. The van der Waals surface area contributed by atoms with Crippen LogP contribution in [0.15, 0.2) is 78.9 Å². The van der Waals surface area contributed by atoms with E-state index in [1.54, 1.807) is 24.3 Å². The number of urea groups is 1. The number of benzene rings is 3. The molecule has 1 spiro atoms. The summed E-state index contributed by atoms with van der Waals surface area (Å²) in [5, 5.41) is 8.51. The van der Waals surface area contributed by atoms with Gasteiger partial charge in [-0.25, -0.2) is 4.79 Å². The highest BCUT2D eigenvalue weighted by Gasteiger charge is 2.54. The Balaban J connectivity index is 1.29. The van der Waals surface area contributed by atoms with Crippen molar-refractivity contribution in [2.24, 2.45) is 0 Å². The van der Waals surface area contributed by atoms with E-state index in [-0.39, 0.29) is 17.5 Å². The molecule has 37 heavy (non-hydrogen) atoms. The van der Waals surface area contributed by atoms with Gasteiger partial charge in [-0.1, -0.05) is 66.7 Å². The first-order valence-electron chi connectivity index (χ1n) is 12.4. The number of imide groups is 1. The number of amides is 5. The van der Waals surface area contributed by atoms with Crippen LogP contribution in [0.2, 0.25) is 0 Å². The fourth-order valence-corrected chi connectivity index (χ4v) is 5.18. The number of carbonyl (C=O) groups is 4. The topological polar surface area (TPSA) is 108 Å². The van der Waals surface area contributed by atoms with Gasteiger partial charge in [-0.15, -0.1) is 0 Å². The third-order valence-corrected chi connectivity index (χ3v) is 7.05. The molecule has 5 amide bonds. The predicted molar refractivity (Wildman–Crippen MR) is 139 cm³/mol. The SMILES string of the molecule is CC(NC(=O)c1ccccc1NC(=O)CN1C(=O)NC2(CCCc3ccccc32)C1=O)c1ccccc1. The van der Waals surface area contributed by atoms with Crippen LogP contribution in [0, 0.1) is 0 Å². The van der Waals surface area contributed by atoms with Crippen molar-refractivity contribution in [1.82, 2.24) is 15.5 Å². The van der Waals surface area contributed by atoms with Gasteiger partial charge >= 0.3 is 6.03 Å². The summed E-state index contributed by atoms with van der Waals surface area (Å²) in [5.41, 5.74) is 2.21. The van der Waals surface area contributed by atoms with E-state index in [4.69, 9.17) is 0 Å². The van der Waals surface area contributed by atoms with Gasteiger partial charge < -0.3 is 16.0 Å². The molecule has 3 aromatic rings. The van der Waals surface area contributed by atoms with Crippen molar-refractivity contribution in [3.05, 3.63) is 101 Å². The van der Waals surface area contributed by atoms with Crippen molar-refractivity contribution < 1.29 is 19.2 Å². The lowest BCUT2D eigenvalue weighted by atomic mass is 9.76. The van der Waals surface area contributed by atoms with Gasteiger partial charge in [0.15, 0.2) is 0 Å². The Morgan fingerprint density at radius 1 is 0.973 bits per heavy atom. The molecule has 0 bridgehead atoms. The number of fused-ring (bicyclic) bond motifs is 2. The Labute approximate surface area is 215 Å². The second-order valence-electron chi connectivity index (χ2n) is 9.44. The lowest BCUT2D eigenvalue weighted by Gasteiger charge is -2.33. The number of hydrogen-bond acceptors (Lipinski definition) is 4. The molecule has 8 heteroatoms. The van der Waals surface area contributed by atoms with Crippen molar-refractivity contribution in [3.63, 3.8) is 0 Å². The summed E-state index contributed by atoms with van der Waals surface area (Å²) < 4.78 is 0. The molecule has 1 saturated heterocycles. The molecule has 1 aliphatic carbocycles. The first-order valence-corrected chi connectivity index (χ1v) is 12.4. The van der Waals surface area contributed by atoms with E-state index in [0.717, 1.165) is 34.4 Å². The minimum Gasteiger partial charge on any atom is -0.345 e. The van der Waals surface area contributed by atoms with Crippen molar-refractivity contribution in [1.29, 1.82) is 0 Å². The van der Waals surface area contributed by atoms with Gasteiger partial charge in [0, 0.05) is 0 Å². The van der Waals surface area contributed by atoms with E-state index >= 15 is 0 Å². The van der Waals surface area contributed by atoms with Gasteiger partial charge in [0.1, 0.15) is 12.1 Å². The van der Waals surface area contributed by atoms with Crippen LogP contribution >= 0.6 is 0 Å². The number of nitrogens with zero attached hydrogens (tertiary/aromatic N) is 1. The van der Waals surface area contributed by atoms with Gasteiger partial charge in [-0.2, -0.15) is 0 Å². The second kappa shape index (κ2) is 9.89. The summed E-state index contributed by atoms with van der Waals surface area (Å²) in [7, 11) is 0. The number of carbonyl (C=O) groups excluding carboxylic acids is 4. The molecule has 0 saturated carbocycles. The molecule has 1 fully saturated rings. The minimum atomic E-state index is -1.14. The predicted octanol–water partition coefficient (Wildman–Crippen LogP) is 3.90. The molecule has 1 aliphatic heterocycles. The van der Waals surface area contributed by atoms with Crippen molar-refractivity contribution in [2.75, 3.05) is 11.9 Å². The molecule has 5 rings (SSSR count). The number of nitrogens with one attached hydrogen (secondary N) is 3. The number of rotatable bonds is 6. The fourth-order valence-electron chi connectivity index (χ4n) is 5.18. The quantitative estimate of drug-likeness (QED) is 0.450. The molecule has 8 nitrogen and oxygen atoms in total. The monoisotopic (exact) mass is 496 g/mol. The van der Waals surface area contributed by atoms with Crippen LogP contribution in [-0.4, -0.2) is 35.2 Å². The van der Waals surface area contributed by atoms with Crippen molar-refractivity contribution >= 4 is 29.4 Å². The summed E-state index contributed by atoms with van der Waals surface area (Å²) in [6, 6.07) is 23.0. The van der Waals surface area contributed by atoms with Crippen LogP contribution in [0.3, 0.4) is 0 Å². The van der Waals surface area contributed by atoms with Gasteiger partial charge in [0.2, 0.25) is 5.91 Å². The Morgan fingerprint density at radius 3 is 2.49 bits per heavy atom. The molecular weight excluding hydrogens is 468 g/mol. The van der Waals surface area contributed by atoms with Crippen LogP contribution in [0.4, 0.5) is 10.5 Å². The Hall–Kier alpha value is -4.46. The smallest absolute Gasteiger partial charge is 0.325 e. The molecule has 1 heterocycles. The Kier molecular flexibility index (Phi) is 6.48. The highest BCUT2D eigenvalue weighted by Crippen LogP contribution is 2.39. The Bertz CT molecular complexity index is 1370. The molecular formula is C29H28N4O4. The summed E-state index contributed by atoms with van der Waals surface area (Å²) in [5.74, 6) is -1.34. The molecule has 2 atom stereocenters. The standard InChI is InChI=1S/C29H28N4O4/c1-19(20-10-3-2-4-11-20)30-26(35)22-14-6-8-16-24(22)31-25(34)18-33-27(36)29(32-28(33)37)17-9-13-21-12-5-7-15-23(21)29/h2-8,10-12,14-16,19H,9,13,17-18H2,1H3,(H,30,35)(H,31,34)(H,32,37). The molecule has 0 radical (unpaired) electrons.